The minimum Gasteiger partial charge on any atom is -0.492 e. The number of aliphatic hydroxyl groups excluding tert-OH is 1. The maximum atomic E-state index is 11.6. The van der Waals surface area contributed by atoms with Crippen molar-refractivity contribution in [1.29, 1.82) is 0 Å². The highest BCUT2D eigenvalue weighted by atomic mass is 16.5. The minimum absolute atomic E-state index is 0.0576. The van der Waals surface area contributed by atoms with E-state index in [1.165, 1.54) is 15.6 Å². The second-order valence-corrected chi connectivity index (χ2v) is 4.40. The lowest BCUT2D eigenvalue weighted by Crippen LogP contribution is -2.25. The number of ether oxygens (including phenoxy) is 1. The molecule has 21 heavy (non-hydrogen) atoms. The van der Waals surface area contributed by atoms with Crippen LogP contribution in [0.3, 0.4) is 0 Å². The van der Waals surface area contributed by atoms with Crippen LogP contribution in [0.5, 0.6) is 5.75 Å². The molecule has 6 heteroatoms. The molecule has 2 rings (SSSR count). The fraction of sp³-hybridized carbons (Fsp3) is 0.333. The van der Waals surface area contributed by atoms with Crippen LogP contribution in [0.4, 0.5) is 0 Å². The molecule has 1 heterocycles. The van der Waals surface area contributed by atoms with E-state index in [0.717, 1.165) is 5.56 Å². The third-order valence-corrected chi connectivity index (χ3v) is 2.76. The predicted molar refractivity (Wildman–Crippen MR) is 78.0 cm³/mol. The minimum atomic E-state index is -0.165. The molecule has 110 valence electrons. The largest absolute Gasteiger partial charge is 0.492 e. The summed E-state index contributed by atoms with van der Waals surface area (Å²) in [4.78, 5) is 11.6. The second kappa shape index (κ2) is 7.31. The first kappa shape index (κ1) is 14.9. The lowest BCUT2D eigenvalue weighted by molar-refractivity contribution is 0.288. The molecule has 0 aliphatic carbocycles. The van der Waals surface area contributed by atoms with Crippen molar-refractivity contribution in [2.45, 2.75) is 13.0 Å². The van der Waals surface area contributed by atoms with Crippen LogP contribution in [0.1, 0.15) is 12.0 Å². The van der Waals surface area contributed by atoms with Crippen molar-refractivity contribution in [3.8, 4) is 17.6 Å². The molecule has 6 nitrogen and oxygen atoms in total. The molecule has 0 amide bonds. The number of rotatable bonds is 5. The van der Waals surface area contributed by atoms with Gasteiger partial charge >= 0.3 is 5.69 Å². The van der Waals surface area contributed by atoms with Gasteiger partial charge in [-0.1, -0.05) is 17.9 Å². The van der Waals surface area contributed by atoms with Gasteiger partial charge in [0.15, 0.2) is 0 Å². The number of nitrogens with zero attached hydrogens (tertiary/aromatic N) is 3. The Morgan fingerprint density at radius 1 is 1.43 bits per heavy atom. The highest BCUT2D eigenvalue weighted by molar-refractivity contribution is 5.39. The average Bonchev–Trinajstić information content (AvgIpc) is 2.80. The highest BCUT2D eigenvalue weighted by Crippen LogP contribution is 2.12. The van der Waals surface area contributed by atoms with E-state index in [-0.39, 0.29) is 12.3 Å². The molecule has 1 aromatic carbocycles. The Balaban J connectivity index is 1.92. The summed E-state index contributed by atoms with van der Waals surface area (Å²) in [5, 5.41) is 12.6. The van der Waals surface area contributed by atoms with Crippen molar-refractivity contribution in [2.24, 2.45) is 7.05 Å². The van der Waals surface area contributed by atoms with Crippen LogP contribution in [0, 0.1) is 11.8 Å². The Kier molecular flexibility index (Phi) is 5.18. The number of aryl methyl sites for hydroxylation is 1. The maximum absolute atomic E-state index is 11.6. The Morgan fingerprint density at radius 3 is 3.00 bits per heavy atom. The Labute approximate surface area is 122 Å². The van der Waals surface area contributed by atoms with Crippen LogP contribution >= 0.6 is 0 Å². The fourth-order valence-corrected chi connectivity index (χ4v) is 1.71. The zero-order chi connectivity index (χ0) is 15.1. The monoisotopic (exact) mass is 287 g/mol. The normalized spacial score (nSPS) is 10.0. The van der Waals surface area contributed by atoms with E-state index in [9.17, 15) is 4.79 Å². The topological polar surface area (TPSA) is 69.3 Å². The molecule has 0 radical (unpaired) electrons. The molecular formula is C15H17N3O3. The van der Waals surface area contributed by atoms with Gasteiger partial charge in [0, 0.05) is 19.0 Å². The quantitative estimate of drug-likeness (QED) is 0.808. The lowest BCUT2D eigenvalue weighted by Gasteiger charge is -2.05. The van der Waals surface area contributed by atoms with E-state index < -0.39 is 0 Å². The molecule has 0 aliphatic rings. The van der Waals surface area contributed by atoms with E-state index in [0.29, 0.717) is 25.3 Å². The van der Waals surface area contributed by atoms with Gasteiger partial charge in [-0.05, 0) is 18.2 Å². The van der Waals surface area contributed by atoms with Crippen molar-refractivity contribution in [3.05, 3.63) is 46.6 Å². The van der Waals surface area contributed by atoms with Crippen molar-refractivity contribution in [3.63, 3.8) is 0 Å². The van der Waals surface area contributed by atoms with E-state index in [2.05, 4.69) is 16.9 Å². The van der Waals surface area contributed by atoms with E-state index in [1.807, 2.05) is 24.3 Å². The molecule has 0 unspecified atom stereocenters. The molecule has 0 fully saturated rings. The van der Waals surface area contributed by atoms with Crippen LogP contribution in [-0.2, 0) is 13.6 Å². The summed E-state index contributed by atoms with van der Waals surface area (Å²) in [5.74, 6) is 6.49. The smallest absolute Gasteiger partial charge is 0.345 e. The fourth-order valence-electron chi connectivity index (χ4n) is 1.71. The van der Waals surface area contributed by atoms with Gasteiger partial charge in [0.1, 0.15) is 18.7 Å². The Hall–Kier alpha value is -2.52. The Morgan fingerprint density at radius 2 is 2.29 bits per heavy atom. The van der Waals surface area contributed by atoms with Gasteiger partial charge in [-0.15, -0.1) is 0 Å². The molecule has 0 saturated carbocycles. The van der Waals surface area contributed by atoms with Gasteiger partial charge in [0.05, 0.1) is 13.2 Å². The molecule has 0 bridgehead atoms. The summed E-state index contributed by atoms with van der Waals surface area (Å²) >= 11 is 0. The number of hydrogen-bond acceptors (Lipinski definition) is 4. The molecule has 1 N–H and O–H groups in total. The highest BCUT2D eigenvalue weighted by Gasteiger charge is 2.01. The number of aliphatic hydroxyl groups is 1. The molecule has 0 atom stereocenters. The summed E-state index contributed by atoms with van der Waals surface area (Å²) in [6.07, 6.45) is 1.92. The van der Waals surface area contributed by atoms with Gasteiger partial charge in [-0.25, -0.2) is 9.48 Å². The van der Waals surface area contributed by atoms with Gasteiger partial charge in [-0.3, -0.25) is 4.57 Å². The summed E-state index contributed by atoms with van der Waals surface area (Å²) in [5.41, 5.74) is 0.665. The number of hydrogen-bond donors (Lipinski definition) is 1. The number of aromatic nitrogens is 3. The molecule has 0 aliphatic heterocycles. The molecule has 0 saturated heterocycles. The van der Waals surface area contributed by atoms with E-state index >= 15 is 0 Å². The standard InChI is InChI=1S/C15H17N3O3/c1-17-12-16-18(15(17)20)8-10-21-14-7-4-6-13(11-14)5-2-3-9-19/h4,6-7,11-12,19H,3,8-10H2,1H3. The first-order valence-electron chi connectivity index (χ1n) is 6.62. The summed E-state index contributed by atoms with van der Waals surface area (Å²) in [6.45, 7) is 0.798. The summed E-state index contributed by atoms with van der Waals surface area (Å²) in [7, 11) is 1.65. The van der Waals surface area contributed by atoms with Gasteiger partial charge in [0.2, 0.25) is 0 Å². The van der Waals surface area contributed by atoms with Gasteiger partial charge in [0.25, 0.3) is 0 Å². The second-order valence-electron chi connectivity index (χ2n) is 4.40. The third-order valence-electron chi connectivity index (χ3n) is 2.76. The van der Waals surface area contributed by atoms with Gasteiger partial charge in [-0.2, -0.15) is 5.10 Å². The number of benzene rings is 1. The van der Waals surface area contributed by atoms with Crippen molar-refractivity contribution >= 4 is 0 Å². The van der Waals surface area contributed by atoms with Crippen molar-refractivity contribution < 1.29 is 9.84 Å². The first-order valence-corrected chi connectivity index (χ1v) is 6.62. The van der Waals surface area contributed by atoms with E-state index in [1.54, 1.807) is 7.05 Å². The molecule has 0 spiro atoms. The van der Waals surface area contributed by atoms with Crippen LogP contribution in [-0.4, -0.2) is 32.7 Å². The average molecular weight is 287 g/mol. The van der Waals surface area contributed by atoms with E-state index in [4.69, 9.17) is 9.84 Å². The SMILES string of the molecule is Cn1cnn(CCOc2cccc(C#CCCO)c2)c1=O. The zero-order valence-corrected chi connectivity index (χ0v) is 11.8. The summed E-state index contributed by atoms with van der Waals surface area (Å²) < 4.78 is 8.36. The first-order chi connectivity index (χ1) is 10.2. The predicted octanol–water partition coefficient (Wildman–Crippen LogP) is 0.395. The maximum Gasteiger partial charge on any atom is 0.345 e. The van der Waals surface area contributed by atoms with Crippen molar-refractivity contribution in [2.75, 3.05) is 13.2 Å². The molecular weight excluding hydrogens is 270 g/mol. The van der Waals surface area contributed by atoms with Crippen LogP contribution < -0.4 is 10.4 Å². The lowest BCUT2D eigenvalue weighted by atomic mass is 10.2. The van der Waals surface area contributed by atoms with Gasteiger partial charge < -0.3 is 9.84 Å². The van der Waals surface area contributed by atoms with Crippen molar-refractivity contribution in [1.82, 2.24) is 14.3 Å². The van der Waals surface area contributed by atoms with Crippen LogP contribution in [0.2, 0.25) is 0 Å². The molecule has 2 aromatic rings. The summed E-state index contributed by atoms with van der Waals surface area (Å²) in [6, 6.07) is 7.38. The van der Waals surface area contributed by atoms with Crippen LogP contribution in [0.25, 0.3) is 0 Å². The third kappa shape index (κ3) is 4.23. The Bertz CT molecular complexity index is 707. The zero-order valence-electron chi connectivity index (χ0n) is 11.8. The molecule has 1 aromatic heterocycles. The van der Waals surface area contributed by atoms with Crippen LogP contribution in [0.15, 0.2) is 35.4 Å².